The molecule has 0 saturated heterocycles. The van der Waals surface area contributed by atoms with E-state index >= 15 is 0 Å². The second-order valence-corrected chi connectivity index (χ2v) is 12.2. The van der Waals surface area contributed by atoms with Gasteiger partial charge in [-0.15, -0.1) is 0 Å². The summed E-state index contributed by atoms with van der Waals surface area (Å²) in [7, 11) is 0. The van der Waals surface area contributed by atoms with Gasteiger partial charge < -0.3 is 10.2 Å². The Morgan fingerprint density at radius 3 is 2.35 bits per heavy atom. The Morgan fingerprint density at radius 2 is 1.74 bits per heavy atom. The highest BCUT2D eigenvalue weighted by Gasteiger charge is 2.59. The topological polar surface area (TPSA) is 74.6 Å². The molecule has 3 rings (SSSR count). The minimum atomic E-state index is -0.723. The smallest absolute Gasteiger partial charge is 0.303 e. The van der Waals surface area contributed by atoms with E-state index in [2.05, 4.69) is 34.6 Å². The van der Waals surface area contributed by atoms with Crippen molar-refractivity contribution in [3.8, 4) is 0 Å². The van der Waals surface area contributed by atoms with Crippen LogP contribution in [0.1, 0.15) is 105 Å². The third kappa shape index (κ3) is 4.89. The molecule has 3 aliphatic rings. The number of carbonyl (C=O) groups excluding carboxylic acids is 1. The van der Waals surface area contributed by atoms with Crippen molar-refractivity contribution < 1.29 is 19.8 Å². The lowest BCUT2D eigenvalue weighted by molar-refractivity contribution is -0.151. The summed E-state index contributed by atoms with van der Waals surface area (Å²) >= 11 is 0. The normalized spacial score (nSPS) is 41.9. The molecular formula is C27H46O4. The maximum Gasteiger partial charge on any atom is 0.303 e. The first-order chi connectivity index (χ1) is 14.5. The summed E-state index contributed by atoms with van der Waals surface area (Å²) in [6.07, 6.45) is 9.49. The van der Waals surface area contributed by atoms with Gasteiger partial charge in [-0.05, 0) is 79.4 Å². The molecule has 2 unspecified atom stereocenters. The average molecular weight is 435 g/mol. The molecule has 8 atom stereocenters. The van der Waals surface area contributed by atoms with Crippen LogP contribution in [0.25, 0.3) is 0 Å². The largest absolute Gasteiger partial charge is 0.481 e. The van der Waals surface area contributed by atoms with E-state index in [1.165, 1.54) is 25.7 Å². The third-order valence-electron chi connectivity index (χ3n) is 9.92. The molecule has 3 fully saturated rings. The molecule has 0 bridgehead atoms. The molecule has 0 aromatic heterocycles. The van der Waals surface area contributed by atoms with Gasteiger partial charge in [0.1, 0.15) is 5.78 Å². The lowest BCUT2D eigenvalue weighted by atomic mass is 9.49. The van der Waals surface area contributed by atoms with Crippen molar-refractivity contribution in [3.05, 3.63) is 0 Å². The molecule has 0 amide bonds. The minimum Gasteiger partial charge on any atom is -0.481 e. The molecule has 178 valence electrons. The Hall–Kier alpha value is -0.900. The van der Waals surface area contributed by atoms with E-state index in [1.54, 1.807) is 0 Å². The Morgan fingerprint density at radius 1 is 1.03 bits per heavy atom. The second-order valence-electron chi connectivity index (χ2n) is 12.2. The van der Waals surface area contributed by atoms with Gasteiger partial charge in [0.05, 0.1) is 6.10 Å². The van der Waals surface area contributed by atoms with Gasteiger partial charge in [-0.2, -0.15) is 0 Å². The first kappa shape index (κ1) is 24.7. The fraction of sp³-hybridized carbons (Fsp3) is 0.926. The number of aliphatic carboxylic acids is 1. The number of fused-ring (bicyclic) bond motifs is 1. The van der Waals surface area contributed by atoms with E-state index in [-0.39, 0.29) is 35.9 Å². The highest BCUT2D eigenvalue weighted by molar-refractivity contribution is 5.86. The predicted molar refractivity (Wildman–Crippen MR) is 124 cm³/mol. The molecule has 0 spiro atoms. The number of carboxylic acid groups (broad SMARTS) is 1. The molecular weight excluding hydrogens is 388 g/mol. The van der Waals surface area contributed by atoms with Crippen molar-refractivity contribution in [3.63, 3.8) is 0 Å². The van der Waals surface area contributed by atoms with Gasteiger partial charge in [-0.3, -0.25) is 9.59 Å². The first-order valence-corrected chi connectivity index (χ1v) is 12.9. The SMILES string of the molecule is CC(C)CCC[C@@H](C)[C@H]1CCC2[C@H](CC(=O)O)C([C@@]3(C)CC[C@H](O)CC3=O)CC[C@@]21C. The van der Waals surface area contributed by atoms with Crippen molar-refractivity contribution in [1.82, 2.24) is 0 Å². The standard InChI is InChI=1S/C27H46O4/c1-17(2)7-6-8-18(3)21-9-10-22-20(16-25(30)31)23(12-14-26(21,22)4)27(5)13-11-19(28)15-24(27)29/h17-23,28H,6-16H2,1-5H3,(H,30,31)/t18-,19+,20+,21-,22?,23?,26-,27-/m1/s1. The minimum absolute atomic E-state index is 0.0771. The summed E-state index contributed by atoms with van der Waals surface area (Å²) < 4.78 is 0. The molecule has 0 aromatic rings. The highest BCUT2D eigenvalue weighted by Crippen LogP contribution is 2.64. The third-order valence-corrected chi connectivity index (χ3v) is 9.92. The van der Waals surface area contributed by atoms with Crippen molar-refractivity contribution in [2.45, 2.75) is 111 Å². The van der Waals surface area contributed by atoms with Crippen molar-refractivity contribution in [2.75, 3.05) is 0 Å². The van der Waals surface area contributed by atoms with Crippen LogP contribution in [0.15, 0.2) is 0 Å². The number of aliphatic hydroxyl groups excluding tert-OH is 1. The molecule has 4 heteroatoms. The number of rotatable bonds is 8. The van der Waals surface area contributed by atoms with Gasteiger partial charge in [-0.25, -0.2) is 0 Å². The van der Waals surface area contributed by atoms with Gasteiger partial charge in [0.25, 0.3) is 0 Å². The number of hydrogen-bond acceptors (Lipinski definition) is 3. The summed E-state index contributed by atoms with van der Waals surface area (Å²) in [5.41, 5.74) is -0.275. The molecule has 0 aromatic carbocycles. The fourth-order valence-electron chi connectivity index (χ4n) is 8.14. The lowest BCUT2D eigenvalue weighted by Crippen LogP contribution is -2.52. The maximum absolute atomic E-state index is 13.1. The zero-order chi connectivity index (χ0) is 23.0. The van der Waals surface area contributed by atoms with Gasteiger partial charge in [0.15, 0.2) is 0 Å². The van der Waals surface area contributed by atoms with Gasteiger partial charge >= 0.3 is 5.97 Å². The molecule has 3 saturated carbocycles. The quantitative estimate of drug-likeness (QED) is 0.484. The summed E-state index contributed by atoms with van der Waals surface area (Å²) in [6.45, 7) is 11.5. The van der Waals surface area contributed by atoms with Crippen LogP contribution >= 0.6 is 0 Å². The van der Waals surface area contributed by atoms with E-state index in [0.29, 0.717) is 30.6 Å². The predicted octanol–water partition coefficient (Wildman–Crippen LogP) is 6.10. The second kappa shape index (κ2) is 9.53. The van der Waals surface area contributed by atoms with E-state index in [4.69, 9.17) is 0 Å². The molecule has 0 aliphatic heterocycles. The number of carbonyl (C=O) groups is 2. The summed E-state index contributed by atoms with van der Waals surface area (Å²) in [6, 6.07) is 0. The van der Waals surface area contributed by atoms with Crippen LogP contribution in [0, 0.1) is 46.3 Å². The monoisotopic (exact) mass is 434 g/mol. The van der Waals surface area contributed by atoms with Crippen LogP contribution < -0.4 is 0 Å². The molecule has 3 aliphatic carbocycles. The summed E-state index contributed by atoms with van der Waals surface area (Å²) in [5.74, 6) is 2.14. The Kier molecular flexibility index (Phi) is 7.61. The average Bonchev–Trinajstić information content (AvgIpc) is 3.02. The highest BCUT2D eigenvalue weighted by atomic mass is 16.4. The molecule has 0 radical (unpaired) electrons. The lowest BCUT2D eigenvalue weighted by Gasteiger charge is -2.54. The summed E-state index contributed by atoms with van der Waals surface area (Å²) in [4.78, 5) is 25.0. The number of carboxylic acids is 1. The van der Waals surface area contributed by atoms with Crippen LogP contribution in [0.5, 0.6) is 0 Å². The first-order valence-electron chi connectivity index (χ1n) is 12.9. The zero-order valence-electron chi connectivity index (χ0n) is 20.5. The molecule has 0 heterocycles. The number of aliphatic hydroxyl groups is 1. The van der Waals surface area contributed by atoms with Gasteiger partial charge in [0.2, 0.25) is 0 Å². The molecule has 31 heavy (non-hydrogen) atoms. The molecule has 2 N–H and O–H groups in total. The maximum atomic E-state index is 13.1. The van der Waals surface area contributed by atoms with Crippen LogP contribution in [0.2, 0.25) is 0 Å². The Labute approximate surface area is 189 Å². The number of ketones is 1. The van der Waals surface area contributed by atoms with E-state index < -0.39 is 17.5 Å². The molecule has 4 nitrogen and oxygen atoms in total. The van der Waals surface area contributed by atoms with Crippen molar-refractivity contribution >= 4 is 11.8 Å². The Balaban J connectivity index is 1.81. The van der Waals surface area contributed by atoms with Crippen LogP contribution in [0.4, 0.5) is 0 Å². The zero-order valence-corrected chi connectivity index (χ0v) is 20.5. The van der Waals surface area contributed by atoms with E-state index in [0.717, 1.165) is 25.2 Å². The van der Waals surface area contributed by atoms with Gasteiger partial charge in [-0.1, -0.05) is 53.9 Å². The van der Waals surface area contributed by atoms with Crippen molar-refractivity contribution in [1.29, 1.82) is 0 Å². The summed E-state index contributed by atoms with van der Waals surface area (Å²) in [5, 5.41) is 19.8. The van der Waals surface area contributed by atoms with E-state index in [9.17, 15) is 19.8 Å². The van der Waals surface area contributed by atoms with Gasteiger partial charge in [0, 0.05) is 18.3 Å². The van der Waals surface area contributed by atoms with Crippen LogP contribution in [-0.2, 0) is 9.59 Å². The Bertz CT molecular complexity index is 658. The van der Waals surface area contributed by atoms with Crippen LogP contribution in [0.3, 0.4) is 0 Å². The number of hydrogen-bond donors (Lipinski definition) is 2. The fourth-order valence-corrected chi connectivity index (χ4v) is 8.14. The van der Waals surface area contributed by atoms with E-state index in [1.807, 2.05) is 0 Å². The number of Topliss-reactive ketones (excluding diaryl/α,β-unsaturated/α-hetero) is 1. The van der Waals surface area contributed by atoms with Crippen LogP contribution in [-0.4, -0.2) is 28.1 Å². The van der Waals surface area contributed by atoms with Crippen molar-refractivity contribution in [2.24, 2.45) is 46.3 Å².